The number of hydrogen-bond acceptors (Lipinski definition) is 4. The number of fused-ring (bicyclic) bond motifs is 3. The van der Waals surface area contributed by atoms with Crippen molar-refractivity contribution in [2.75, 3.05) is 6.61 Å². The second kappa shape index (κ2) is 9.95. The number of hydrogen-bond donors (Lipinski definition) is 3. The van der Waals surface area contributed by atoms with Crippen LogP contribution in [-0.2, 0) is 28.9 Å². The number of carbonyl (C=O) groups is 2. The molecule has 2 heterocycles. The highest BCUT2D eigenvalue weighted by molar-refractivity contribution is 5.93. The minimum atomic E-state index is -1.16. The van der Waals surface area contributed by atoms with Crippen molar-refractivity contribution in [3.8, 4) is 0 Å². The van der Waals surface area contributed by atoms with Gasteiger partial charge in [0.1, 0.15) is 11.6 Å². The van der Waals surface area contributed by atoms with Crippen LogP contribution >= 0.6 is 0 Å². The molecule has 4 bridgehead atoms. The van der Waals surface area contributed by atoms with E-state index in [1.165, 1.54) is 6.42 Å². The molecule has 4 saturated carbocycles. The minimum absolute atomic E-state index is 0.0556. The van der Waals surface area contributed by atoms with E-state index in [0.717, 1.165) is 65.2 Å². The van der Waals surface area contributed by atoms with Gasteiger partial charge in [-0.15, -0.1) is 0 Å². The van der Waals surface area contributed by atoms with E-state index in [1.54, 1.807) is 4.90 Å². The van der Waals surface area contributed by atoms with Crippen LogP contribution in [0.15, 0.2) is 54.6 Å². The van der Waals surface area contributed by atoms with Crippen LogP contribution in [0.1, 0.15) is 55.8 Å². The predicted molar refractivity (Wildman–Crippen MR) is 152 cm³/mol. The Balaban J connectivity index is 1.17. The zero-order chi connectivity index (χ0) is 27.4. The number of para-hydroxylation sites is 1. The summed E-state index contributed by atoms with van der Waals surface area (Å²) in [4.78, 5) is 33.3. The van der Waals surface area contributed by atoms with E-state index in [4.69, 9.17) is 4.74 Å². The lowest BCUT2D eigenvalue weighted by molar-refractivity contribution is -0.137. The summed E-state index contributed by atoms with van der Waals surface area (Å²) in [5, 5.41) is 14.3. The minimum Gasteiger partial charge on any atom is -0.445 e. The van der Waals surface area contributed by atoms with Gasteiger partial charge in [-0.25, -0.2) is 4.79 Å². The number of rotatable bonds is 6. The van der Waals surface area contributed by atoms with Crippen LogP contribution in [0.3, 0.4) is 0 Å². The Morgan fingerprint density at radius 3 is 2.40 bits per heavy atom. The first-order valence-electron chi connectivity index (χ1n) is 14.9. The van der Waals surface area contributed by atoms with Crippen LogP contribution in [0.25, 0.3) is 10.9 Å². The maximum atomic E-state index is 14.1. The van der Waals surface area contributed by atoms with Crippen molar-refractivity contribution in [1.29, 1.82) is 0 Å². The van der Waals surface area contributed by atoms with E-state index in [2.05, 4.69) is 16.4 Å². The maximum Gasteiger partial charge on any atom is 0.411 e. The van der Waals surface area contributed by atoms with Crippen LogP contribution < -0.4 is 5.32 Å². The molecule has 8 rings (SSSR count). The van der Waals surface area contributed by atoms with Gasteiger partial charge >= 0.3 is 6.09 Å². The van der Waals surface area contributed by atoms with Crippen molar-refractivity contribution in [3.63, 3.8) is 0 Å². The van der Waals surface area contributed by atoms with Crippen molar-refractivity contribution < 1.29 is 19.4 Å². The summed E-state index contributed by atoms with van der Waals surface area (Å²) in [5.41, 5.74) is 2.90. The van der Waals surface area contributed by atoms with Crippen LogP contribution in [0, 0.1) is 23.7 Å². The molecule has 1 unspecified atom stereocenters. The molecule has 40 heavy (non-hydrogen) atoms. The molecule has 210 valence electrons. The van der Waals surface area contributed by atoms with Crippen molar-refractivity contribution in [3.05, 3.63) is 71.4 Å². The highest BCUT2D eigenvalue weighted by Gasteiger charge is 2.53. The number of ether oxygens (including phenoxy) is 1. The summed E-state index contributed by atoms with van der Waals surface area (Å²) in [6.45, 7) is 1.94. The largest absolute Gasteiger partial charge is 0.445 e. The predicted octanol–water partition coefficient (Wildman–Crippen LogP) is 4.97. The number of carbonyl (C=O) groups excluding carboxylic acids is 2. The van der Waals surface area contributed by atoms with Crippen LogP contribution in [0.2, 0.25) is 0 Å². The lowest BCUT2D eigenvalue weighted by Crippen LogP contribution is -2.64. The molecule has 2 atom stereocenters. The van der Waals surface area contributed by atoms with E-state index < -0.39 is 17.7 Å². The quantitative estimate of drug-likeness (QED) is 0.411. The molecule has 2 amide bonds. The van der Waals surface area contributed by atoms with Gasteiger partial charge in [-0.05, 0) is 86.3 Å². The van der Waals surface area contributed by atoms with Gasteiger partial charge in [0.2, 0.25) is 5.91 Å². The molecule has 3 N–H and O–H groups in total. The number of benzene rings is 2. The van der Waals surface area contributed by atoms with Crippen LogP contribution in [-0.4, -0.2) is 51.3 Å². The van der Waals surface area contributed by atoms with E-state index in [-0.39, 0.29) is 25.2 Å². The first kappa shape index (κ1) is 25.6. The van der Waals surface area contributed by atoms with E-state index in [1.807, 2.05) is 55.5 Å². The van der Waals surface area contributed by atoms with Gasteiger partial charge in [-0.1, -0.05) is 48.5 Å². The summed E-state index contributed by atoms with van der Waals surface area (Å²) in [6, 6.07) is 17.5. The summed E-state index contributed by atoms with van der Waals surface area (Å²) < 4.78 is 6.37. The first-order valence-corrected chi connectivity index (χ1v) is 14.9. The zero-order valence-electron chi connectivity index (χ0n) is 23.1. The van der Waals surface area contributed by atoms with Crippen LogP contribution in [0.5, 0.6) is 0 Å². The Labute approximate surface area is 235 Å². The Morgan fingerprint density at radius 2 is 1.70 bits per heavy atom. The molecular formula is C33H39N3O4. The third-order valence-corrected chi connectivity index (χ3v) is 10.3. The average molecular weight is 542 g/mol. The van der Waals surface area contributed by atoms with Gasteiger partial charge in [0.05, 0.1) is 19.2 Å². The molecule has 7 nitrogen and oxygen atoms in total. The molecule has 5 aliphatic rings. The molecule has 2 aromatic carbocycles. The highest BCUT2D eigenvalue weighted by atomic mass is 16.6. The molecule has 0 radical (unpaired) electrons. The molecule has 1 aliphatic heterocycles. The fraction of sp³-hybridized carbons (Fsp3) is 0.515. The Kier molecular flexibility index (Phi) is 6.38. The maximum absolute atomic E-state index is 14.1. The van der Waals surface area contributed by atoms with Gasteiger partial charge in [-0.2, -0.15) is 0 Å². The normalized spacial score (nSPS) is 31.1. The number of aromatic nitrogens is 1. The van der Waals surface area contributed by atoms with Gasteiger partial charge in [0, 0.05) is 23.0 Å². The van der Waals surface area contributed by atoms with Crippen molar-refractivity contribution >= 4 is 22.9 Å². The highest BCUT2D eigenvalue weighted by Crippen LogP contribution is 2.55. The summed E-state index contributed by atoms with van der Waals surface area (Å²) in [7, 11) is 0. The first-order chi connectivity index (χ1) is 19.4. The van der Waals surface area contributed by atoms with Crippen molar-refractivity contribution in [1.82, 2.24) is 15.2 Å². The topological polar surface area (TPSA) is 94.7 Å². The van der Waals surface area contributed by atoms with Gasteiger partial charge in [0.15, 0.2) is 0 Å². The van der Waals surface area contributed by atoms with Gasteiger partial charge in [-0.3, -0.25) is 9.69 Å². The number of aliphatic hydroxyl groups excluding tert-OH is 1. The number of nitrogens with one attached hydrogen (secondary N) is 2. The third-order valence-electron chi connectivity index (χ3n) is 10.3. The fourth-order valence-corrected chi connectivity index (χ4v) is 8.48. The summed E-state index contributed by atoms with van der Waals surface area (Å²) in [5.74, 6) is 2.20. The van der Waals surface area contributed by atoms with Gasteiger partial charge < -0.3 is 20.1 Å². The van der Waals surface area contributed by atoms with Gasteiger partial charge in [0.25, 0.3) is 0 Å². The monoisotopic (exact) mass is 541 g/mol. The molecule has 1 aromatic heterocycles. The van der Waals surface area contributed by atoms with E-state index in [0.29, 0.717) is 24.7 Å². The molecular weight excluding hydrogens is 502 g/mol. The number of nitrogens with zero attached hydrogens (tertiary/aromatic N) is 1. The smallest absolute Gasteiger partial charge is 0.411 e. The van der Waals surface area contributed by atoms with E-state index in [9.17, 15) is 14.7 Å². The standard InChI is InChI=1S/C33H39N3O4/c1-33(31(38)34-25(19-37)16-20-7-3-2-4-8-20)17-27-26-9-5-6-10-28(26)35-29(27)18-36(33)32(39)40-30-23-12-21-11-22(14-23)15-24(30)13-21/h2-10,21-25,30,35,37H,11-19H2,1H3,(H,34,38)/t21?,22?,23?,24?,25?,30?,33-/m1/s1. The van der Waals surface area contributed by atoms with Crippen molar-refractivity contribution in [2.45, 2.75) is 76.1 Å². The molecule has 3 aromatic rings. The zero-order valence-corrected chi connectivity index (χ0v) is 23.1. The third kappa shape index (κ3) is 4.39. The Bertz CT molecular complexity index is 1390. The second-order valence-electron chi connectivity index (χ2n) is 13.0. The average Bonchev–Trinajstić information content (AvgIpc) is 3.31. The molecule has 4 fully saturated rings. The summed E-state index contributed by atoms with van der Waals surface area (Å²) >= 11 is 0. The summed E-state index contributed by atoms with van der Waals surface area (Å²) in [6.07, 6.45) is 6.41. The molecule has 7 heteroatoms. The number of aromatic amines is 1. The molecule has 4 aliphatic carbocycles. The molecule has 0 saturated heterocycles. The second-order valence-corrected chi connectivity index (χ2v) is 13.0. The van der Waals surface area contributed by atoms with Crippen molar-refractivity contribution in [2.24, 2.45) is 23.7 Å². The SMILES string of the molecule is C[C@]1(C(=O)NC(CO)Cc2ccccc2)Cc2c([nH]c3ccccc23)CN1C(=O)OC1C2CC3CC(C2)CC1C3. The number of amides is 2. The fourth-order valence-electron chi connectivity index (χ4n) is 8.48. The Morgan fingerprint density at radius 1 is 1.02 bits per heavy atom. The molecule has 0 spiro atoms. The van der Waals surface area contributed by atoms with Crippen LogP contribution in [0.4, 0.5) is 4.79 Å². The number of H-pyrrole nitrogens is 1. The Hall–Kier alpha value is -3.32. The lowest BCUT2D eigenvalue weighted by Gasteiger charge is -2.54. The number of aliphatic hydroxyl groups is 1. The van der Waals surface area contributed by atoms with E-state index >= 15 is 0 Å². The lowest BCUT2D eigenvalue weighted by atomic mass is 9.55.